The number of aromatic nitrogens is 2. The average molecular weight is 276 g/mol. The summed E-state index contributed by atoms with van der Waals surface area (Å²) < 4.78 is 0. The van der Waals surface area contributed by atoms with E-state index in [9.17, 15) is 0 Å². The van der Waals surface area contributed by atoms with Gasteiger partial charge in [-0.25, -0.2) is 5.84 Å². The molecule has 0 saturated carbocycles. The molecule has 0 aromatic carbocycles. The van der Waals surface area contributed by atoms with Gasteiger partial charge in [0.1, 0.15) is 11.6 Å². The molecule has 1 unspecified atom stereocenters. The molecule has 0 amide bonds. The first-order valence-corrected chi connectivity index (χ1v) is 7.08. The van der Waals surface area contributed by atoms with E-state index in [1.54, 1.807) is 6.07 Å². The van der Waals surface area contributed by atoms with E-state index >= 15 is 0 Å². The zero-order valence-electron chi connectivity index (χ0n) is 10.4. The third-order valence-corrected chi connectivity index (χ3v) is 4.26. The van der Waals surface area contributed by atoms with Gasteiger partial charge < -0.3 is 16.5 Å². The summed E-state index contributed by atoms with van der Waals surface area (Å²) in [5.41, 5.74) is 9.52. The smallest absolute Gasteiger partial charge is 0.223 e. The van der Waals surface area contributed by atoms with E-state index in [-0.39, 0.29) is 12.0 Å². The Balaban J connectivity index is 1.85. The molecule has 1 aliphatic carbocycles. The molecule has 1 atom stereocenters. The molecular formula is C12H16N6S. The van der Waals surface area contributed by atoms with Crippen LogP contribution >= 0.6 is 11.3 Å². The van der Waals surface area contributed by atoms with Crippen LogP contribution in [-0.4, -0.2) is 9.97 Å². The van der Waals surface area contributed by atoms with E-state index in [2.05, 4.69) is 32.2 Å². The molecule has 7 heteroatoms. The number of nitrogens with zero attached hydrogens (tertiary/aromatic N) is 2. The summed E-state index contributed by atoms with van der Waals surface area (Å²) in [5, 5.41) is 5.56. The summed E-state index contributed by atoms with van der Waals surface area (Å²) in [6.45, 7) is 0. The third kappa shape index (κ3) is 2.47. The number of aryl methyl sites for hydroxylation is 1. The van der Waals surface area contributed by atoms with Gasteiger partial charge in [-0.05, 0) is 36.3 Å². The van der Waals surface area contributed by atoms with Gasteiger partial charge in [-0.3, -0.25) is 0 Å². The fourth-order valence-corrected chi connectivity index (χ4v) is 3.42. The van der Waals surface area contributed by atoms with Gasteiger partial charge in [-0.1, -0.05) is 0 Å². The minimum Gasteiger partial charge on any atom is -0.368 e. The van der Waals surface area contributed by atoms with Crippen LogP contribution in [0.5, 0.6) is 0 Å². The number of thiophene rings is 1. The monoisotopic (exact) mass is 276 g/mol. The first-order valence-electron chi connectivity index (χ1n) is 6.20. The van der Waals surface area contributed by atoms with Crippen molar-refractivity contribution in [2.24, 2.45) is 5.84 Å². The van der Waals surface area contributed by atoms with Crippen molar-refractivity contribution in [3.05, 3.63) is 28.0 Å². The van der Waals surface area contributed by atoms with Crippen molar-refractivity contribution in [3.8, 4) is 0 Å². The van der Waals surface area contributed by atoms with Crippen LogP contribution in [0.3, 0.4) is 0 Å². The lowest BCUT2D eigenvalue weighted by Crippen LogP contribution is -2.18. The van der Waals surface area contributed by atoms with Crippen molar-refractivity contribution in [1.82, 2.24) is 9.97 Å². The zero-order valence-corrected chi connectivity index (χ0v) is 11.2. The number of hydrazine groups is 1. The van der Waals surface area contributed by atoms with Crippen LogP contribution in [0.25, 0.3) is 0 Å². The van der Waals surface area contributed by atoms with Crippen LogP contribution < -0.4 is 22.3 Å². The Bertz CT molecular complexity index is 581. The molecule has 2 heterocycles. The number of nitrogens with one attached hydrogen (secondary N) is 2. The Morgan fingerprint density at radius 3 is 3.00 bits per heavy atom. The highest BCUT2D eigenvalue weighted by Gasteiger charge is 2.21. The lowest BCUT2D eigenvalue weighted by atomic mass is 9.94. The molecule has 0 radical (unpaired) electrons. The van der Waals surface area contributed by atoms with Crippen LogP contribution in [0.1, 0.15) is 29.3 Å². The van der Waals surface area contributed by atoms with Crippen LogP contribution in [0, 0.1) is 0 Å². The van der Waals surface area contributed by atoms with E-state index in [0.717, 1.165) is 6.42 Å². The fourth-order valence-electron chi connectivity index (χ4n) is 2.43. The second-order valence-electron chi connectivity index (χ2n) is 4.53. The maximum Gasteiger partial charge on any atom is 0.223 e. The Hall–Kier alpha value is -1.86. The van der Waals surface area contributed by atoms with Gasteiger partial charge in [-0.2, -0.15) is 9.97 Å². The number of nitrogens with two attached hydrogens (primary N) is 2. The second kappa shape index (κ2) is 5.02. The van der Waals surface area contributed by atoms with Crippen LogP contribution in [0.2, 0.25) is 0 Å². The van der Waals surface area contributed by atoms with Gasteiger partial charge >= 0.3 is 0 Å². The number of nitrogen functional groups attached to an aromatic ring is 2. The largest absolute Gasteiger partial charge is 0.368 e. The number of fused-ring (bicyclic) bond motifs is 1. The van der Waals surface area contributed by atoms with Crippen molar-refractivity contribution >= 4 is 28.9 Å². The fraction of sp³-hybridized carbons (Fsp3) is 0.333. The van der Waals surface area contributed by atoms with Crippen molar-refractivity contribution in [3.63, 3.8) is 0 Å². The highest BCUT2D eigenvalue weighted by molar-refractivity contribution is 7.10. The lowest BCUT2D eigenvalue weighted by molar-refractivity contribution is 0.607. The lowest BCUT2D eigenvalue weighted by Gasteiger charge is -2.24. The van der Waals surface area contributed by atoms with Crippen LogP contribution in [0.15, 0.2) is 17.5 Å². The summed E-state index contributed by atoms with van der Waals surface area (Å²) in [7, 11) is 0. The molecule has 100 valence electrons. The molecule has 0 spiro atoms. The quantitative estimate of drug-likeness (QED) is 0.504. The molecule has 0 aliphatic heterocycles. The van der Waals surface area contributed by atoms with E-state index in [0.29, 0.717) is 11.6 Å². The summed E-state index contributed by atoms with van der Waals surface area (Å²) in [6, 6.07) is 4.23. The second-order valence-corrected chi connectivity index (χ2v) is 5.53. The molecule has 6 nitrogen and oxygen atoms in total. The summed E-state index contributed by atoms with van der Waals surface area (Å²) in [6.07, 6.45) is 3.46. The minimum absolute atomic E-state index is 0.208. The van der Waals surface area contributed by atoms with Crippen molar-refractivity contribution < 1.29 is 0 Å². The van der Waals surface area contributed by atoms with Crippen molar-refractivity contribution in [2.45, 2.75) is 25.3 Å². The highest BCUT2D eigenvalue weighted by Crippen LogP contribution is 2.35. The molecular weight excluding hydrogens is 260 g/mol. The molecule has 2 aromatic rings. The Morgan fingerprint density at radius 2 is 2.16 bits per heavy atom. The number of hydrogen-bond donors (Lipinski definition) is 4. The van der Waals surface area contributed by atoms with Crippen molar-refractivity contribution in [1.29, 1.82) is 0 Å². The molecule has 0 bridgehead atoms. The number of hydrogen-bond acceptors (Lipinski definition) is 7. The zero-order chi connectivity index (χ0) is 13.2. The summed E-state index contributed by atoms with van der Waals surface area (Å²) in [5.74, 6) is 6.78. The Labute approximate surface area is 115 Å². The van der Waals surface area contributed by atoms with Gasteiger partial charge in [0, 0.05) is 10.9 Å². The summed E-state index contributed by atoms with van der Waals surface area (Å²) in [4.78, 5) is 9.63. The predicted octanol–water partition coefficient (Wildman–Crippen LogP) is 1.90. The Kier molecular flexibility index (Phi) is 3.22. The van der Waals surface area contributed by atoms with Gasteiger partial charge in [0.05, 0.1) is 6.04 Å². The molecule has 0 fully saturated rings. The SMILES string of the molecule is NNc1cc(NC2CCCc3sccc32)nc(N)n1. The highest BCUT2D eigenvalue weighted by atomic mass is 32.1. The molecule has 6 N–H and O–H groups in total. The van der Waals surface area contributed by atoms with E-state index in [4.69, 9.17) is 11.6 Å². The first kappa shape index (κ1) is 12.2. The van der Waals surface area contributed by atoms with Gasteiger partial charge in [0.15, 0.2) is 0 Å². The van der Waals surface area contributed by atoms with Crippen LogP contribution in [-0.2, 0) is 6.42 Å². The summed E-state index contributed by atoms with van der Waals surface area (Å²) >= 11 is 1.82. The van der Waals surface area contributed by atoms with Gasteiger partial charge in [-0.15, -0.1) is 11.3 Å². The van der Waals surface area contributed by atoms with Crippen molar-refractivity contribution in [2.75, 3.05) is 16.5 Å². The van der Waals surface area contributed by atoms with E-state index in [1.165, 1.54) is 23.3 Å². The normalized spacial score (nSPS) is 17.8. The maximum absolute atomic E-state index is 5.66. The number of anilines is 3. The van der Waals surface area contributed by atoms with E-state index in [1.807, 2.05) is 11.3 Å². The topological polar surface area (TPSA) is 102 Å². The first-order chi connectivity index (χ1) is 9.26. The maximum atomic E-state index is 5.66. The van der Waals surface area contributed by atoms with Crippen LogP contribution in [0.4, 0.5) is 17.6 Å². The van der Waals surface area contributed by atoms with E-state index < -0.39 is 0 Å². The Morgan fingerprint density at radius 1 is 1.32 bits per heavy atom. The minimum atomic E-state index is 0.208. The number of rotatable bonds is 3. The third-order valence-electron chi connectivity index (χ3n) is 3.27. The average Bonchev–Trinajstić information content (AvgIpc) is 2.87. The van der Waals surface area contributed by atoms with Gasteiger partial charge in [0.2, 0.25) is 5.95 Å². The molecule has 1 aliphatic rings. The van der Waals surface area contributed by atoms with Gasteiger partial charge in [0.25, 0.3) is 0 Å². The molecule has 0 saturated heterocycles. The molecule has 2 aromatic heterocycles. The molecule has 19 heavy (non-hydrogen) atoms. The standard InChI is InChI=1S/C12H16N6S/c13-12-16-10(6-11(17-12)18-14)15-8-2-1-3-9-7(8)4-5-19-9/h4-6,8H,1-3,14H2,(H4,13,15,16,17,18). The molecule has 3 rings (SSSR count). The predicted molar refractivity (Wildman–Crippen MR) is 77.9 cm³/mol.